The van der Waals surface area contributed by atoms with Gasteiger partial charge in [0.2, 0.25) is 0 Å². The summed E-state index contributed by atoms with van der Waals surface area (Å²) in [5, 5.41) is 3.52. The molecule has 0 aliphatic heterocycles. The Morgan fingerprint density at radius 3 is 2.29 bits per heavy atom. The fourth-order valence-corrected chi connectivity index (χ4v) is 2.93. The summed E-state index contributed by atoms with van der Waals surface area (Å²) in [5.41, 5.74) is 2.62. The van der Waals surface area contributed by atoms with E-state index in [0.29, 0.717) is 5.92 Å². The van der Waals surface area contributed by atoms with Gasteiger partial charge in [-0.05, 0) is 35.6 Å². The van der Waals surface area contributed by atoms with Crippen LogP contribution in [-0.2, 0) is 17.3 Å². The molecule has 3 heteroatoms. The summed E-state index contributed by atoms with van der Waals surface area (Å²) in [4.78, 5) is 0.884. The lowest BCUT2D eigenvalue weighted by atomic mass is 9.96. The van der Waals surface area contributed by atoms with E-state index in [1.54, 1.807) is 6.26 Å². The zero-order chi connectivity index (χ0) is 15.1. The van der Waals surface area contributed by atoms with Crippen molar-refractivity contribution in [3.8, 4) is 0 Å². The van der Waals surface area contributed by atoms with E-state index < -0.39 is 10.8 Å². The second-order valence-corrected chi connectivity index (χ2v) is 6.62. The molecule has 2 rings (SSSR count). The van der Waals surface area contributed by atoms with Gasteiger partial charge in [0, 0.05) is 35.0 Å². The van der Waals surface area contributed by atoms with Crippen LogP contribution in [0.15, 0.2) is 59.5 Å². The Balaban J connectivity index is 1.87. The van der Waals surface area contributed by atoms with Crippen LogP contribution in [0.5, 0.6) is 0 Å². The Kier molecular flexibility index (Phi) is 6.15. The fourth-order valence-electron chi connectivity index (χ4n) is 2.41. The van der Waals surface area contributed by atoms with Crippen LogP contribution in [0.25, 0.3) is 0 Å². The van der Waals surface area contributed by atoms with Crippen molar-refractivity contribution in [1.29, 1.82) is 0 Å². The van der Waals surface area contributed by atoms with Gasteiger partial charge in [-0.25, -0.2) is 0 Å². The first-order chi connectivity index (χ1) is 10.2. The van der Waals surface area contributed by atoms with Gasteiger partial charge in [0.25, 0.3) is 0 Å². The molecule has 2 atom stereocenters. The predicted molar refractivity (Wildman–Crippen MR) is 90.0 cm³/mol. The third kappa shape index (κ3) is 4.80. The minimum absolute atomic E-state index is 0.550. The molecule has 0 heterocycles. The highest BCUT2D eigenvalue weighted by molar-refractivity contribution is 7.84. The second kappa shape index (κ2) is 8.11. The maximum Gasteiger partial charge on any atom is 0.0498 e. The quantitative estimate of drug-likeness (QED) is 0.844. The Morgan fingerprint density at radius 1 is 1.05 bits per heavy atom. The first kappa shape index (κ1) is 15.9. The third-order valence-electron chi connectivity index (χ3n) is 3.74. The Bertz CT molecular complexity index is 566. The molecule has 0 spiro atoms. The Labute approximate surface area is 130 Å². The minimum Gasteiger partial charge on any atom is -0.312 e. The molecule has 0 saturated carbocycles. The van der Waals surface area contributed by atoms with Crippen LogP contribution in [0.1, 0.15) is 30.4 Å². The highest BCUT2D eigenvalue weighted by Gasteiger charge is 2.08. The van der Waals surface area contributed by atoms with Crippen molar-refractivity contribution in [3.63, 3.8) is 0 Å². The monoisotopic (exact) mass is 301 g/mol. The summed E-state index contributed by atoms with van der Waals surface area (Å²) in [6.45, 7) is 4.05. The van der Waals surface area contributed by atoms with Crippen LogP contribution in [0.3, 0.4) is 0 Å². The molecule has 21 heavy (non-hydrogen) atoms. The van der Waals surface area contributed by atoms with Gasteiger partial charge in [-0.3, -0.25) is 4.21 Å². The molecule has 2 nitrogen and oxygen atoms in total. The summed E-state index contributed by atoms with van der Waals surface area (Å²) in [5.74, 6) is 0.550. The number of hydrogen-bond acceptors (Lipinski definition) is 2. The second-order valence-electron chi connectivity index (χ2n) is 5.24. The summed E-state index contributed by atoms with van der Waals surface area (Å²) < 4.78 is 11.4. The van der Waals surface area contributed by atoms with E-state index in [2.05, 4.69) is 42.6 Å². The van der Waals surface area contributed by atoms with Crippen molar-refractivity contribution in [2.24, 2.45) is 0 Å². The van der Waals surface area contributed by atoms with Crippen molar-refractivity contribution >= 4 is 10.8 Å². The van der Waals surface area contributed by atoms with Gasteiger partial charge in [-0.15, -0.1) is 0 Å². The van der Waals surface area contributed by atoms with Crippen molar-refractivity contribution in [3.05, 3.63) is 65.7 Å². The van der Waals surface area contributed by atoms with E-state index in [1.165, 1.54) is 11.1 Å². The lowest BCUT2D eigenvalue weighted by Gasteiger charge is -2.16. The molecule has 0 radical (unpaired) electrons. The maximum atomic E-state index is 11.4. The van der Waals surface area contributed by atoms with E-state index in [-0.39, 0.29) is 0 Å². The molecular weight excluding hydrogens is 278 g/mol. The molecule has 1 N–H and O–H groups in total. The molecule has 0 saturated heterocycles. The summed E-state index contributed by atoms with van der Waals surface area (Å²) in [7, 11) is -0.897. The molecule has 0 aliphatic carbocycles. The molecule has 0 bridgehead atoms. The first-order valence-electron chi connectivity index (χ1n) is 7.38. The average Bonchev–Trinajstić information content (AvgIpc) is 2.53. The molecule has 0 aliphatic rings. The Morgan fingerprint density at radius 2 is 1.71 bits per heavy atom. The molecule has 0 aromatic heterocycles. The predicted octanol–water partition coefficient (Wildman–Crippen LogP) is 3.71. The van der Waals surface area contributed by atoms with Crippen LogP contribution in [-0.4, -0.2) is 17.0 Å². The van der Waals surface area contributed by atoms with Crippen LogP contribution in [0.4, 0.5) is 0 Å². The molecule has 0 fully saturated rings. The number of benzene rings is 2. The average molecular weight is 301 g/mol. The van der Waals surface area contributed by atoms with Gasteiger partial charge in [-0.1, -0.05) is 49.4 Å². The van der Waals surface area contributed by atoms with Gasteiger partial charge in [0.15, 0.2) is 0 Å². The van der Waals surface area contributed by atoms with Crippen molar-refractivity contribution in [1.82, 2.24) is 5.32 Å². The van der Waals surface area contributed by atoms with E-state index >= 15 is 0 Å². The Hall–Kier alpha value is -1.45. The summed E-state index contributed by atoms with van der Waals surface area (Å²) in [6, 6.07) is 18.6. The smallest absolute Gasteiger partial charge is 0.0498 e. The van der Waals surface area contributed by atoms with Crippen LogP contribution in [0, 0.1) is 0 Å². The highest BCUT2D eigenvalue weighted by atomic mass is 32.2. The van der Waals surface area contributed by atoms with Crippen molar-refractivity contribution in [2.45, 2.75) is 30.7 Å². The van der Waals surface area contributed by atoms with Gasteiger partial charge in [0.1, 0.15) is 0 Å². The maximum absolute atomic E-state index is 11.4. The number of hydrogen-bond donors (Lipinski definition) is 1. The highest BCUT2D eigenvalue weighted by Crippen LogP contribution is 2.18. The first-order valence-corrected chi connectivity index (χ1v) is 8.94. The van der Waals surface area contributed by atoms with Crippen LogP contribution in [0.2, 0.25) is 0 Å². The van der Waals surface area contributed by atoms with E-state index in [1.807, 2.05) is 24.3 Å². The molecular formula is C18H23NOS. The van der Waals surface area contributed by atoms with Crippen molar-refractivity contribution in [2.75, 3.05) is 12.8 Å². The number of nitrogens with one attached hydrogen (secondary N) is 1. The summed E-state index contributed by atoms with van der Waals surface area (Å²) >= 11 is 0. The van der Waals surface area contributed by atoms with Crippen LogP contribution < -0.4 is 5.32 Å². The third-order valence-corrected chi connectivity index (χ3v) is 4.67. The summed E-state index contributed by atoms with van der Waals surface area (Å²) in [6.07, 6.45) is 2.84. The van der Waals surface area contributed by atoms with E-state index in [0.717, 1.165) is 24.4 Å². The van der Waals surface area contributed by atoms with E-state index in [4.69, 9.17) is 0 Å². The largest absolute Gasteiger partial charge is 0.312 e. The number of rotatable bonds is 7. The van der Waals surface area contributed by atoms with Gasteiger partial charge in [-0.2, -0.15) is 0 Å². The van der Waals surface area contributed by atoms with Crippen LogP contribution >= 0.6 is 0 Å². The molecule has 0 unspecified atom stereocenters. The molecule has 2 aromatic rings. The van der Waals surface area contributed by atoms with Gasteiger partial charge < -0.3 is 5.32 Å². The lowest BCUT2D eigenvalue weighted by molar-refractivity contribution is 0.569. The minimum atomic E-state index is -0.897. The molecule has 112 valence electrons. The zero-order valence-electron chi connectivity index (χ0n) is 12.7. The molecule has 2 aromatic carbocycles. The van der Waals surface area contributed by atoms with E-state index in [9.17, 15) is 4.21 Å². The van der Waals surface area contributed by atoms with Gasteiger partial charge in [0.05, 0.1) is 0 Å². The zero-order valence-corrected chi connectivity index (χ0v) is 13.5. The fraction of sp³-hybridized carbons (Fsp3) is 0.333. The van der Waals surface area contributed by atoms with Gasteiger partial charge >= 0.3 is 0 Å². The molecule has 0 amide bonds. The SMILES string of the molecule is CC[C@@H](CNCc1ccc([S@](C)=O)cc1)c1ccccc1. The topological polar surface area (TPSA) is 29.1 Å². The van der Waals surface area contributed by atoms with Crippen molar-refractivity contribution < 1.29 is 4.21 Å². The standard InChI is InChI=1S/C18H23NOS/c1-3-16(17-7-5-4-6-8-17)14-19-13-15-9-11-18(12-10-15)21(2)20/h4-12,16,19H,3,13-14H2,1-2H3/t16-,21-/m0/s1. The lowest BCUT2D eigenvalue weighted by Crippen LogP contribution is -2.20. The normalized spacial score (nSPS) is 13.8.